The molecular weight excluding hydrogens is 717 g/mol. The van der Waals surface area contributed by atoms with Crippen molar-refractivity contribution < 1.29 is 0 Å². The summed E-state index contributed by atoms with van der Waals surface area (Å²) < 4.78 is 2.30. The Morgan fingerprint density at radius 2 is 1.14 bits per heavy atom. The summed E-state index contributed by atoms with van der Waals surface area (Å²) in [6.07, 6.45) is -0.565. The van der Waals surface area contributed by atoms with Crippen molar-refractivity contribution in [2.75, 3.05) is 0 Å². The number of fused-ring (bicyclic) bond motifs is 6. The number of para-hydroxylation sites is 2. The number of rotatable bonds is 9. The van der Waals surface area contributed by atoms with E-state index in [1.165, 1.54) is 44.5 Å². The van der Waals surface area contributed by atoms with Crippen LogP contribution < -0.4 is 5.32 Å². The van der Waals surface area contributed by atoms with Crippen molar-refractivity contribution in [1.29, 1.82) is 0 Å². The molecule has 1 atom stereocenters. The maximum atomic E-state index is 5.22. The number of hydrogen-bond acceptors (Lipinski definition) is 2. The summed E-state index contributed by atoms with van der Waals surface area (Å²) in [4.78, 5) is 10.0. The molecule has 59 heavy (non-hydrogen) atoms. The Labute approximate surface area is 345 Å². The van der Waals surface area contributed by atoms with Crippen LogP contribution in [0.2, 0.25) is 0 Å². The quantitative estimate of drug-likeness (QED) is 0.116. The van der Waals surface area contributed by atoms with Gasteiger partial charge in [-0.25, -0.2) is 0 Å². The summed E-state index contributed by atoms with van der Waals surface area (Å²) in [7, 11) is 0. The van der Waals surface area contributed by atoms with Crippen LogP contribution in [0.1, 0.15) is 42.4 Å². The predicted octanol–water partition coefficient (Wildman–Crippen LogP) is 13.5. The predicted molar refractivity (Wildman–Crippen MR) is 248 cm³/mol. The van der Waals surface area contributed by atoms with Crippen LogP contribution in [0.5, 0.6) is 0 Å². The minimum Gasteiger partial charge on any atom is -0.331 e. The van der Waals surface area contributed by atoms with Gasteiger partial charge in [0.2, 0.25) is 6.29 Å². The lowest BCUT2D eigenvalue weighted by Crippen LogP contribution is -2.32. The highest BCUT2D eigenvalue weighted by Crippen LogP contribution is 2.50. The second kappa shape index (κ2) is 14.9. The topological polar surface area (TPSA) is 41.7 Å². The Balaban J connectivity index is 1.08. The van der Waals surface area contributed by atoms with Crippen molar-refractivity contribution in [3.8, 4) is 44.5 Å². The van der Waals surface area contributed by atoms with E-state index in [1.807, 2.05) is 24.3 Å². The number of aliphatic imine (C=N–C) groups is 2. The Hall–Kier alpha value is -7.30. The summed E-state index contributed by atoms with van der Waals surface area (Å²) in [5.74, 6) is 0.751. The molecule has 0 bridgehead atoms. The number of nitrogens with one attached hydrogen (secondary N) is 1. The van der Waals surface area contributed by atoms with Crippen molar-refractivity contribution in [1.82, 2.24) is 9.88 Å². The van der Waals surface area contributed by atoms with Gasteiger partial charge in [-0.2, -0.15) is 0 Å². The molecule has 1 aliphatic rings. The molecule has 0 saturated heterocycles. The van der Waals surface area contributed by atoms with Gasteiger partial charge in [0, 0.05) is 27.3 Å². The summed E-state index contributed by atoms with van der Waals surface area (Å²) >= 11 is 0. The number of aromatic nitrogens is 1. The monoisotopic (exact) mass is 760 g/mol. The van der Waals surface area contributed by atoms with Crippen LogP contribution in [-0.4, -0.2) is 17.1 Å². The molecule has 1 aliphatic carbocycles. The van der Waals surface area contributed by atoms with E-state index < -0.39 is 6.29 Å². The van der Waals surface area contributed by atoms with Crippen molar-refractivity contribution in [3.05, 3.63) is 216 Å². The molecule has 0 fully saturated rings. The van der Waals surface area contributed by atoms with E-state index >= 15 is 0 Å². The molecule has 0 aliphatic heterocycles. The second-order valence-electron chi connectivity index (χ2n) is 15.9. The van der Waals surface area contributed by atoms with Crippen molar-refractivity contribution in [2.45, 2.75) is 32.1 Å². The summed E-state index contributed by atoms with van der Waals surface area (Å²) in [6, 6.07) is 69.3. The van der Waals surface area contributed by atoms with E-state index in [0.29, 0.717) is 6.54 Å². The molecule has 0 radical (unpaired) electrons. The maximum Gasteiger partial charge on any atom is 0.201 e. The first-order chi connectivity index (χ1) is 29.0. The minimum absolute atomic E-state index is 0.0958. The van der Waals surface area contributed by atoms with E-state index in [9.17, 15) is 0 Å². The van der Waals surface area contributed by atoms with Crippen molar-refractivity contribution >= 4 is 34.4 Å². The van der Waals surface area contributed by atoms with Crippen LogP contribution in [0, 0.1) is 0 Å². The van der Waals surface area contributed by atoms with Gasteiger partial charge < -0.3 is 9.88 Å². The number of hydrogen-bond donors (Lipinski definition) is 1. The third kappa shape index (κ3) is 6.34. The van der Waals surface area contributed by atoms with Gasteiger partial charge in [0.15, 0.2) is 0 Å². The van der Waals surface area contributed by atoms with E-state index in [0.717, 1.165) is 49.9 Å². The second-order valence-corrected chi connectivity index (χ2v) is 15.9. The first-order valence-corrected chi connectivity index (χ1v) is 20.3. The van der Waals surface area contributed by atoms with Gasteiger partial charge in [-0.15, -0.1) is 0 Å². The first-order valence-electron chi connectivity index (χ1n) is 20.3. The molecule has 1 heterocycles. The van der Waals surface area contributed by atoms with Crippen LogP contribution >= 0.6 is 0 Å². The van der Waals surface area contributed by atoms with E-state index in [2.05, 4.69) is 200 Å². The fourth-order valence-electron chi connectivity index (χ4n) is 9.10. The zero-order valence-electron chi connectivity index (χ0n) is 33.3. The Kier molecular flexibility index (Phi) is 9.10. The van der Waals surface area contributed by atoms with Gasteiger partial charge in [0.25, 0.3) is 0 Å². The lowest BCUT2D eigenvalue weighted by Gasteiger charge is -2.23. The molecule has 1 unspecified atom stereocenters. The highest BCUT2D eigenvalue weighted by molar-refractivity contribution is 6.14. The van der Waals surface area contributed by atoms with Crippen LogP contribution in [0.15, 0.2) is 204 Å². The van der Waals surface area contributed by atoms with E-state index in [1.54, 1.807) is 0 Å². The molecule has 1 N–H and O–H groups in total. The molecule has 8 aromatic carbocycles. The third-order valence-electron chi connectivity index (χ3n) is 12.1. The van der Waals surface area contributed by atoms with Gasteiger partial charge in [-0.05, 0) is 74.5 Å². The fraction of sp³-hybridized carbons (Fsp3) is 0.0909. The van der Waals surface area contributed by atoms with Crippen molar-refractivity contribution in [2.24, 2.45) is 9.98 Å². The average molecular weight is 761 g/mol. The summed E-state index contributed by atoms with van der Waals surface area (Å²) in [5, 5.41) is 6.09. The van der Waals surface area contributed by atoms with Crippen LogP contribution in [-0.2, 0) is 12.0 Å². The van der Waals surface area contributed by atoms with Gasteiger partial charge in [-0.3, -0.25) is 9.98 Å². The number of amidine groups is 1. The van der Waals surface area contributed by atoms with Crippen molar-refractivity contribution in [3.63, 3.8) is 0 Å². The average Bonchev–Trinajstić information content (AvgIpc) is 3.75. The van der Waals surface area contributed by atoms with Crippen LogP contribution in [0.3, 0.4) is 0 Å². The highest BCUT2D eigenvalue weighted by Gasteiger charge is 2.35. The molecule has 10 rings (SSSR count). The Morgan fingerprint density at radius 1 is 0.542 bits per heavy atom. The summed E-state index contributed by atoms with van der Waals surface area (Å²) in [6.45, 7) is 9.37. The number of nitrogens with zero attached hydrogens (tertiary/aromatic N) is 3. The summed E-state index contributed by atoms with van der Waals surface area (Å²) in [5.41, 5.74) is 16.6. The zero-order valence-corrected chi connectivity index (χ0v) is 33.3. The maximum absolute atomic E-state index is 5.22. The van der Waals surface area contributed by atoms with Gasteiger partial charge in [0.05, 0.1) is 17.6 Å². The highest BCUT2D eigenvalue weighted by atomic mass is 15.3. The molecule has 0 amide bonds. The lowest BCUT2D eigenvalue weighted by molar-refractivity contribution is 0.524. The SMILES string of the molecule is C=NC(NC(=NCc1ccc(-c2ccccc2)cc1)c1ccccc1)n1c2ccccc2c2cccc(-c3ccccc3-c3ccc4c(c3)C(C)(C)c3ccccc3-4)c21. The normalized spacial score (nSPS) is 13.6. The molecule has 9 aromatic rings. The van der Waals surface area contributed by atoms with E-state index in [4.69, 9.17) is 9.98 Å². The standard InChI is InChI=1S/C55H44N4/c1-55(2)49-27-14-12-23-44(49)45-34-33-41(35-50(45)55)42-21-10-11-22-43(42)47-25-16-26-48-46-24-13-15-28-51(46)59(52(47)48)54(56-3)58-53(40-19-8-5-9-20-40)57-36-37-29-31-39(32-30-37)38-17-6-4-7-18-38/h4-35,54H,3,36H2,1-2H3,(H,57,58). The Bertz CT molecular complexity index is 3030. The van der Waals surface area contributed by atoms with Crippen LogP contribution in [0.4, 0.5) is 0 Å². The molecular formula is C55H44N4. The smallest absolute Gasteiger partial charge is 0.201 e. The fourth-order valence-corrected chi connectivity index (χ4v) is 9.10. The van der Waals surface area contributed by atoms with E-state index in [-0.39, 0.29) is 5.41 Å². The van der Waals surface area contributed by atoms with Crippen LogP contribution in [0.25, 0.3) is 66.3 Å². The lowest BCUT2D eigenvalue weighted by atomic mass is 9.81. The third-order valence-corrected chi connectivity index (χ3v) is 12.1. The zero-order chi connectivity index (χ0) is 39.9. The molecule has 284 valence electrons. The van der Waals surface area contributed by atoms with Gasteiger partial charge in [-0.1, -0.05) is 196 Å². The minimum atomic E-state index is -0.565. The molecule has 1 aromatic heterocycles. The molecule has 0 spiro atoms. The number of benzene rings is 8. The largest absolute Gasteiger partial charge is 0.331 e. The first kappa shape index (κ1) is 36.1. The molecule has 0 saturated carbocycles. The molecule has 4 heteroatoms. The van der Waals surface area contributed by atoms with Gasteiger partial charge in [0.1, 0.15) is 5.84 Å². The Morgan fingerprint density at radius 3 is 1.92 bits per heavy atom. The van der Waals surface area contributed by atoms with Gasteiger partial charge >= 0.3 is 0 Å². The molecule has 4 nitrogen and oxygen atoms in total.